The molecule has 0 saturated heterocycles. The number of nitro groups is 1. The van der Waals surface area contributed by atoms with Gasteiger partial charge in [-0.15, -0.1) is 0 Å². The second-order valence-electron chi connectivity index (χ2n) is 4.41. The number of aryl methyl sites for hydroxylation is 1. The maximum absolute atomic E-state index is 11.3. The number of hydrogen-bond acceptors (Lipinski definition) is 6. The van der Waals surface area contributed by atoms with Crippen LogP contribution < -0.4 is 11.1 Å². The van der Waals surface area contributed by atoms with Crippen LogP contribution in [0.5, 0.6) is 0 Å². The molecule has 3 N–H and O–H groups in total. The Morgan fingerprint density at radius 3 is 2.86 bits per heavy atom. The van der Waals surface area contributed by atoms with Crippen LogP contribution in [0.15, 0.2) is 24.7 Å². The molecule has 2 heterocycles. The van der Waals surface area contributed by atoms with E-state index in [2.05, 4.69) is 15.4 Å². The Balaban J connectivity index is 2.08. The van der Waals surface area contributed by atoms with Crippen LogP contribution in [0, 0.1) is 10.1 Å². The topological polar surface area (TPSA) is 129 Å². The number of amides is 1. The largest absolute Gasteiger partial charge is 0.369 e. The summed E-state index contributed by atoms with van der Waals surface area (Å²) in [6, 6.07) is 1.11. The Kier molecular flexibility index (Phi) is 4.12. The molecule has 0 radical (unpaired) electrons. The summed E-state index contributed by atoms with van der Waals surface area (Å²) in [5, 5.41) is 17.7. The number of nitrogens with one attached hydrogen (secondary N) is 1. The van der Waals surface area contributed by atoms with Gasteiger partial charge in [-0.05, 0) is 12.0 Å². The van der Waals surface area contributed by atoms with Crippen molar-refractivity contribution in [2.24, 2.45) is 12.8 Å². The summed E-state index contributed by atoms with van der Waals surface area (Å²) in [6.45, 7) is 0.497. The summed E-state index contributed by atoms with van der Waals surface area (Å²) in [5.41, 5.74) is 5.96. The van der Waals surface area contributed by atoms with Gasteiger partial charge < -0.3 is 11.1 Å². The molecule has 0 aromatic carbocycles. The van der Waals surface area contributed by atoms with Gasteiger partial charge >= 0.3 is 0 Å². The van der Waals surface area contributed by atoms with Gasteiger partial charge in [0.05, 0.1) is 16.7 Å². The van der Waals surface area contributed by atoms with Gasteiger partial charge in [0.25, 0.3) is 11.6 Å². The Morgan fingerprint density at radius 2 is 2.29 bits per heavy atom. The zero-order valence-electron chi connectivity index (χ0n) is 11.3. The van der Waals surface area contributed by atoms with Gasteiger partial charge in [-0.3, -0.25) is 19.6 Å². The van der Waals surface area contributed by atoms with Crippen molar-refractivity contribution in [3.63, 3.8) is 0 Å². The highest BCUT2D eigenvalue weighted by Gasteiger charge is 2.15. The fraction of sp³-hybridized carbons (Fsp3) is 0.250. The van der Waals surface area contributed by atoms with Crippen LogP contribution in [0.3, 0.4) is 0 Å². The first kappa shape index (κ1) is 14.4. The number of nitrogens with two attached hydrogens (primary N) is 1. The number of primary amides is 1. The second-order valence-corrected chi connectivity index (χ2v) is 4.41. The van der Waals surface area contributed by atoms with E-state index in [-0.39, 0.29) is 17.1 Å². The normalized spacial score (nSPS) is 10.3. The number of hydrogen-bond donors (Lipinski definition) is 2. The van der Waals surface area contributed by atoms with Crippen molar-refractivity contribution in [3.8, 4) is 0 Å². The first-order valence-corrected chi connectivity index (χ1v) is 6.13. The van der Waals surface area contributed by atoms with Crippen LogP contribution in [0.2, 0.25) is 0 Å². The van der Waals surface area contributed by atoms with Crippen LogP contribution in [0.1, 0.15) is 15.9 Å². The average Bonchev–Trinajstić information content (AvgIpc) is 2.84. The van der Waals surface area contributed by atoms with E-state index in [1.807, 2.05) is 13.2 Å². The fourth-order valence-corrected chi connectivity index (χ4v) is 1.81. The lowest BCUT2D eigenvalue weighted by Crippen LogP contribution is -2.17. The lowest BCUT2D eigenvalue weighted by molar-refractivity contribution is -0.385. The maximum Gasteiger partial charge on any atom is 0.288 e. The first-order chi connectivity index (χ1) is 9.97. The predicted octanol–water partition coefficient (Wildman–Crippen LogP) is 0.477. The highest BCUT2D eigenvalue weighted by molar-refractivity contribution is 5.98. The summed E-state index contributed by atoms with van der Waals surface area (Å²) in [4.78, 5) is 25.3. The highest BCUT2D eigenvalue weighted by Crippen LogP contribution is 2.18. The van der Waals surface area contributed by atoms with E-state index in [0.29, 0.717) is 13.0 Å². The molecule has 0 aliphatic heterocycles. The maximum atomic E-state index is 11.3. The lowest BCUT2D eigenvalue weighted by atomic mass is 10.2. The monoisotopic (exact) mass is 290 g/mol. The van der Waals surface area contributed by atoms with Crippen molar-refractivity contribution in [2.45, 2.75) is 6.42 Å². The molecule has 110 valence electrons. The van der Waals surface area contributed by atoms with Crippen molar-refractivity contribution in [2.75, 3.05) is 11.9 Å². The van der Waals surface area contributed by atoms with Gasteiger partial charge in [0.2, 0.25) is 0 Å². The first-order valence-electron chi connectivity index (χ1n) is 6.13. The minimum absolute atomic E-state index is 0.00427. The Labute approximate surface area is 119 Å². The molecule has 9 heteroatoms. The molecule has 0 spiro atoms. The SMILES string of the molecule is Cn1cc(CCNc2ncc([N+](=O)[O-])cc2C(N)=O)cn1. The van der Waals surface area contributed by atoms with E-state index >= 15 is 0 Å². The molecule has 0 unspecified atom stereocenters. The summed E-state index contributed by atoms with van der Waals surface area (Å²) in [5.74, 6) is -0.535. The molecule has 0 bridgehead atoms. The Hall–Kier alpha value is -2.97. The molecule has 0 aliphatic rings. The summed E-state index contributed by atoms with van der Waals surface area (Å²) >= 11 is 0. The summed E-state index contributed by atoms with van der Waals surface area (Å²) in [6.07, 6.45) is 5.36. The van der Waals surface area contributed by atoms with Crippen LogP contribution in [0.25, 0.3) is 0 Å². The standard InChI is InChI=1S/C12H14N6O3/c1-17-7-8(5-16-17)2-3-14-12-10(11(13)19)4-9(6-15-12)18(20)21/h4-7H,2-3H2,1H3,(H2,13,19)(H,14,15). The third-order valence-electron chi connectivity index (χ3n) is 2.81. The van der Waals surface area contributed by atoms with Crippen LogP contribution in [-0.4, -0.2) is 32.1 Å². The molecule has 0 atom stereocenters. The number of aromatic nitrogens is 3. The molecule has 2 aromatic heterocycles. The number of rotatable bonds is 6. The van der Waals surface area contributed by atoms with E-state index in [9.17, 15) is 14.9 Å². The summed E-state index contributed by atoms with van der Waals surface area (Å²) < 4.78 is 1.69. The smallest absolute Gasteiger partial charge is 0.288 e. The van der Waals surface area contributed by atoms with Gasteiger partial charge in [0, 0.05) is 25.9 Å². The molecule has 2 aromatic rings. The van der Waals surface area contributed by atoms with E-state index in [0.717, 1.165) is 17.8 Å². The highest BCUT2D eigenvalue weighted by atomic mass is 16.6. The molecule has 0 fully saturated rings. The molecule has 21 heavy (non-hydrogen) atoms. The minimum Gasteiger partial charge on any atom is -0.369 e. The molecule has 1 amide bonds. The van der Waals surface area contributed by atoms with E-state index in [4.69, 9.17) is 5.73 Å². The van der Waals surface area contributed by atoms with Crippen molar-refractivity contribution < 1.29 is 9.72 Å². The quantitative estimate of drug-likeness (QED) is 0.588. The predicted molar refractivity (Wildman–Crippen MR) is 74.8 cm³/mol. The van der Waals surface area contributed by atoms with Gasteiger partial charge in [0.1, 0.15) is 12.0 Å². The number of carbonyl (C=O) groups is 1. The number of anilines is 1. The fourth-order valence-electron chi connectivity index (χ4n) is 1.81. The zero-order chi connectivity index (χ0) is 15.4. The van der Waals surface area contributed by atoms with Crippen molar-refractivity contribution in [1.82, 2.24) is 14.8 Å². The number of pyridine rings is 1. The van der Waals surface area contributed by atoms with Crippen molar-refractivity contribution >= 4 is 17.4 Å². The van der Waals surface area contributed by atoms with Gasteiger partial charge in [-0.1, -0.05) is 0 Å². The third kappa shape index (κ3) is 3.53. The summed E-state index contributed by atoms with van der Waals surface area (Å²) in [7, 11) is 1.82. The van der Waals surface area contributed by atoms with Crippen LogP contribution in [-0.2, 0) is 13.5 Å². The lowest BCUT2D eigenvalue weighted by Gasteiger charge is -2.08. The second kappa shape index (κ2) is 5.99. The van der Waals surface area contributed by atoms with E-state index < -0.39 is 10.8 Å². The van der Waals surface area contributed by atoms with Crippen molar-refractivity contribution in [3.05, 3.63) is 45.9 Å². The van der Waals surface area contributed by atoms with Gasteiger partial charge in [-0.25, -0.2) is 4.98 Å². The Morgan fingerprint density at radius 1 is 1.52 bits per heavy atom. The molecular weight excluding hydrogens is 276 g/mol. The molecule has 9 nitrogen and oxygen atoms in total. The third-order valence-corrected chi connectivity index (χ3v) is 2.81. The zero-order valence-corrected chi connectivity index (χ0v) is 11.3. The van der Waals surface area contributed by atoms with Crippen LogP contribution >= 0.6 is 0 Å². The Bertz CT molecular complexity index is 681. The van der Waals surface area contributed by atoms with Crippen molar-refractivity contribution in [1.29, 1.82) is 0 Å². The van der Waals surface area contributed by atoms with Gasteiger partial charge in [-0.2, -0.15) is 5.10 Å². The average molecular weight is 290 g/mol. The van der Waals surface area contributed by atoms with E-state index in [1.165, 1.54) is 0 Å². The van der Waals surface area contributed by atoms with E-state index in [1.54, 1.807) is 10.9 Å². The number of carbonyl (C=O) groups excluding carboxylic acids is 1. The molecule has 0 aliphatic carbocycles. The number of nitrogens with zero attached hydrogens (tertiary/aromatic N) is 4. The molecular formula is C12H14N6O3. The molecule has 0 saturated carbocycles. The molecule has 2 rings (SSSR count). The minimum atomic E-state index is -0.768. The van der Waals surface area contributed by atoms with Gasteiger partial charge in [0.15, 0.2) is 0 Å². The van der Waals surface area contributed by atoms with Crippen LogP contribution in [0.4, 0.5) is 11.5 Å².